The fourth-order valence-electron chi connectivity index (χ4n) is 1.41. The number of hydrogen-bond donors (Lipinski definition) is 0. The molecule has 0 bridgehead atoms. The van der Waals surface area contributed by atoms with Gasteiger partial charge in [-0.15, -0.1) is 0 Å². The van der Waals surface area contributed by atoms with Gasteiger partial charge in [0.1, 0.15) is 0 Å². The summed E-state index contributed by atoms with van der Waals surface area (Å²) in [6.45, 7) is 0. The van der Waals surface area contributed by atoms with Crippen LogP contribution >= 0.6 is 0 Å². The smallest absolute Gasteiger partial charge is 0.0316 e. The summed E-state index contributed by atoms with van der Waals surface area (Å²) in [4.78, 5) is 0. The van der Waals surface area contributed by atoms with Crippen LogP contribution in [0.5, 0.6) is 0 Å². The highest BCUT2D eigenvalue weighted by molar-refractivity contribution is 4.91. The van der Waals surface area contributed by atoms with Crippen LogP contribution in [0.2, 0.25) is 0 Å². The van der Waals surface area contributed by atoms with Gasteiger partial charge < -0.3 is 0 Å². The molecular formula is C12H19. The Kier molecular flexibility index (Phi) is 5.70. The van der Waals surface area contributed by atoms with Gasteiger partial charge in [0.25, 0.3) is 0 Å². The average molecular weight is 163 g/mol. The summed E-state index contributed by atoms with van der Waals surface area (Å²) >= 11 is 0. The summed E-state index contributed by atoms with van der Waals surface area (Å²) in [7, 11) is 0. The molecule has 1 rings (SSSR count). The molecule has 0 N–H and O–H groups in total. The lowest BCUT2D eigenvalue weighted by molar-refractivity contribution is 0.727. The maximum atomic E-state index is 2.39. The molecule has 0 heteroatoms. The number of hydrogen-bond acceptors (Lipinski definition) is 0. The Balaban J connectivity index is 2.19. The topological polar surface area (TPSA) is 0 Å². The van der Waals surface area contributed by atoms with Crippen molar-refractivity contribution in [3.63, 3.8) is 0 Å². The summed E-state index contributed by atoms with van der Waals surface area (Å²) in [5, 5.41) is 0. The van der Waals surface area contributed by atoms with Gasteiger partial charge in [0.2, 0.25) is 0 Å². The van der Waals surface area contributed by atoms with Gasteiger partial charge in [-0.3, -0.25) is 0 Å². The average Bonchev–Trinajstić information content (AvgIpc) is 2.05. The molecule has 0 saturated heterocycles. The highest BCUT2D eigenvalue weighted by Crippen LogP contribution is 2.07. The first-order chi connectivity index (χ1) is 6.00. The largest absolute Gasteiger partial charge is 0.0885 e. The zero-order chi connectivity index (χ0) is 8.49. The quantitative estimate of drug-likeness (QED) is 0.473. The van der Waals surface area contributed by atoms with Gasteiger partial charge >= 0.3 is 0 Å². The molecule has 0 spiro atoms. The summed E-state index contributed by atoms with van der Waals surface area (Å²) in [6.07, 6.45) is 20.5. The van der Waals surface area contributed by atoms with Crippen molar-refractivity contribution in [2.75, 3.05) is 0 Å². The maximum Gasteiger partial charge on any atom is -0.0316 e. The van der Waals surface area contributed by atoms with Crippen LogP contribution in [0.15, 0.2) is 24.3 Å². The third-order valence-electron chi connectivity index (χ3n) is 2.17. The van der Waals surface area contributed by atoms with E-state index >= 15 is 0 Å². The lowest BCUT2D eigenvalue weighted by atomic mass is 10.1. The molecule has 0 aromatic carbocycles. The lowest BCUT2D eigenvalue weighted by Crippen LogP contribution is -1.79. The minimum absolute atomic E-state index is 1.17. The second kappa shape index (κ2) is 7.15. The Morgan fingerprint density at radius 1 is 0.583 bits per heavy atom. The van der Waals surface area contributed by atoms with Gasteiger partial charge in [-0.2, -0.15) is 0 Å². The minimum atomic E-state index is 1.17. The molecule has 0 fully saturated rings. The molecule has 0 heterocycles. The van der Waals surface area contributed by atoms with Crippen molar-refractivity contribution in [1.82, 2.24) is 0 Å². The molecule has 0 aromatic heterocycles. The van der Waals surface area contributed by atoms with E-state index in [4.69, 9.17) is 0 Å². The van der Waals surface area contributed by atoms with E-state index in [0.29, 0.717) is 0 Å². The molecule has 0 unspecified atom stereocenters. The third kappa shape index (κ3) is 5.17. The Morgan fingerprint density at radius 2 is 1.25 bits per heavy atom. The molecule has 0 aromatic rings. The molecular weight excluding hydrogens is 144 g/mol. The molecule has 12 heavy (non-hydrogen) atoms. The van der Waals surface area contributed by atoms with Crippen molar-refractivity contribution in [3.8, 4) is 0 Å². The Hall–Kier alpha value is -0.520. The van der Waals surface area contributed by atoms with Crippen molar-refractivity contribution >= 4 is 0 Å². The monoisotopic (exact) mass is 163 g/mol. The minimum Gasteiger partial charge on any atom is -0.0885 e. The van der Waals surface area contributed by atoms with Crippen LogP contribution in [-0.4, -0.2) is 0 Å². The molecule has 0 amide bonds. The van der Waals surface area contributed by atoms with Crippen molar-refractivity contribution in [1.29, 1.82) is 0 Å². The standard InChI is InChI=1S/C12H19/c1-2-4-6-8-10-12-11-9-7-5-3-1/h1-2,5,8,10H,3-4,6-7,9,11-12H2/b2-1+,10-8+. The van der Waals surface area contributed by atoms with E-state index in [2.05, 4.69) is 30.7 Å². The van der Waals surface area contributed by atoms with E-state index in [0.717, 1.165) is 0 Å². The Labute approximate surface area is 76.4 Å². The van der Waals surface area contributed by atoms with E-state index < -0.39 is 0 Å². The van der Waals surface area contributed by atoms with Crippen LogP contribution < -0.4 is 0 Å². The van der Waals surface area contributed by atoms with E-state index in [-0.39, 0.29) is 0 Å². The molecule has 0 saturated carbocycles. The first kappa shape index (κ1) is 9.57. The van der Waals surface area contributed by atoms with E-state index in [1.54, 1.807) is 0 Å². The molecule has 67 valence electrons. The normalized spacial score (nSPS) is 26.7. The summed E-state index contributed by atoms with van der Waals surface area (Å²) in [6, 6.07) is 0. The summed E-state index contributed by atoms with van der Waals surface area (Å²) < 4.78 is 0. The first-order valence-corrected chi connectivity index (χ1v) is 5.12. The van der Waals surface area contributed by atoms with Gasteiger partial charge in [-0.25, -0.2) is 0 Å². The first-order valence-electron chi connectivity index (χ1n) is 5.12. The fraction of sp³-hybridized carbons (Fsp3) is 0.583. The lowest BCUT2D eigenvalue weighted by Gasteiger charge is -1.98. The molecule has 1 radical (unpaired) electrons. The van der Waals surface area contributed by atoms with Gasteiger partial charge in [0, 0.05) is 0 Å². The zero-order valence-electron chi connectivity index (χ0n) is 7.84. The van der Waals surface area contributed by atoms with E-state index in [1.165, 1.54) is 44.9 Å². The van der Waals surface area contributed by atoms with Crippen LogP contribution in [0.4, 0.5) is 0 Å². The van der Waals surface area contributed by atoms with Gasteiger partial charge in [0.15, 0.2) is 0 Å². The molecule has 0 nitrogen and oxygen atoms in total. The van der Waals surface area contributed by atoms with Gasteiger partial charge in [-0.05, 0) is 44.9 Å². The fourth-order valence-corrected chi connectivity index (χ4v) is 1.41. The van der Waals surface area contributed by atoms with E-state index in [9.17, 15) is 0 Å². The van der Waals surface area contributed by atoms with Gasteiger partial charge in [0.05, 0.1) is 0 Å². The second-order valence-corrected chi connectivity index (χ2v) is 3.33. The molecule has 1 aliphatic carbocycles. The maximum absolute atomic E-state index is 2.39. The van der Waals surface area contributed by atoms with Crippen molar-refractivity contribution < 1.29 is 0 Å². The summed E-state index contributed by atoms with van der Waals surface area (Å²) in [5.74, 6) is 0. The van der Waals surface area contributed by atoms with Crippen LogP contribution in [0, 0.1) is 6.42 Å². The Bertz CT molecular complexity index is 124. The number of rotatable bonds is 0. The predicted octanol–water partition coefficient (Wildman–Crippen LogP) is 4.05. The molecule has 0 aliphatic heterocycles. The highest BCUT2D eigenvalue weighted by atomic mass is 13.9. The summed E-state index contributed by atoms with van der Waals surface area (Å²) in [5.41, 5.74) is 0. The Morgan fingerprint density at radius 3 is 2.17 bits per heavy atom. The second-order valence-electron chi connectivity index (χ2n) is 3.33. The molecule has 1 aliphatic rings. The SMILES string of the molecule is [CH]1C/C=C/CC/C=C/CCCC1. The van der Waals surface area contributed by atoms with E-state index in [1.807, 2.05) is 0 Å². The number of allylic oxidation sites excluding steroid dienone is 4. The van der Waals surface area contributed by atoms with Crippen molar-refractivity contribution in [3.05, 3.63) is 30.7 Å². The van der Waals surface area contributed by atoms with Crippen LogP contribution in [0.1, 0.15) is 44.9 Å². The van der Waals surface area contributed by atoms with Crippen LogP contribution in [-0.2, 0) is 0 Å². The van der Waals surface area contributed by atoms with Crippen LogP contribution in [0.3, 0.4) is 0 Å². The molecule has 0 atom stereocenters. The van der Waals surface area contributed by atoms with Gasteiger partial charge in [-0.1, -0.05) is 30.7 Å². The zero-order valence-corrected chi connectivity index (χ0v) is 7.84. The van der Waals surface area contributed by atoms with Crippen molar-refractivity contribution in [2.24, 2.45) is 0 Å². The van der Waals surface area contributed by atoms with Crippen LogP contribution in [0.25, 0.3) is 0 Å². The highest BCUT2D eigenvalue weighted by Gasteiger charge is 1.88. The van der Waals surface area contributed by atoms with Crippen molar-refractivity contribution in [2.45, 2.75) is 44.9 Å². The predicted molar refractivity (Wildman–Crippen MR) is 54.9 cm³/mol. The third-order valence-corrected chi connectivity index (χ3v) is 2.17.